The Balaban J connectivity index is 2.66. The zero-order chi connectivity index (χ0) is 14.3. The van der Waals surface area contributed by atoms with Gasteiger partial charge >= 0.3 is 5.97 Å². The quantitative estimate of drug-likeness (QED) is 0.748. The van der Waals surface area contributed by atoms with Crippen LogP contribution < -0.4 is 5.32 Å². The lowest BCUT2D eigenvalue weighted by molar-refractivity contribution is -0.137. The highest BCUT2D eigenvalue weighted by atomic mass is 32.2. The van der Waals surface area contributed by atoms with Crippen LogP contribution in [0.2, 0.25) is 0 Å². The maximum absolute atomic E-state index is 10.5. The molecule has 0 saturated heterocycles. The van der Waals surface area contributed by atoms with Crippen molar-refractivity contribution in [1.29, 1.82) is 5.26 Å². The molecule has 0 radical (unpaired) electrons. The van der Waals surface area contributed by atoms with Gasteiger partial charge in [-0.3, -0.25) is 4.79 Å². The molecule has 0 aliphatic carbocycles. The van der Waals surface area contributed by atoms with E-state index < -0.39 is 5.97 Å². The first-order valence-corrected chi connectivity index (χ1v) is 7.36. The van der Waals surface area contributed by atoms with Crippen LogP contribution >= 0.6 is 11.8 Å². The molecule has 1 atom stereocenters. The third-order valence-corrected chi connectivity index (χ3v) is 3.57. The van der Waals surface area contributed by atoms with E-state index >= 15 is 0 Å². The SMILES string of the molecule is CSc1cccc(NC(C)CCCC(=O)O)c1C#N. The van der Waals surface area contributed by atoms with Crippen molar-refractivity contribution in [3.63, 3.8) is 0 Å². The van der Waals surface area contributed by atoms with E-state index in [0.717, 1.165) is 17.0 Å². The van der Waals surface area contributed by atoms with Crippen LogP contribution in [0.15, 0.2) is 23.1 Å². The Labute approximate surface area is 117 Å². The Bertz CT molecular complexity index is 483. The van der Waals surface area contributed by atoms with E-state index in [4.69, 9.17) is 5.11 Å². The van der Waals surface area contributed by atoms with Crippen LogP contribution in [0.25, 0.3) is 0 Å². The number of hydrogen-bond acceptors (Lipinski definition) is 4. The van der Waals surface area contributed by atoms with Crippen molar-refractivity contribution in [2.24, 2.45) is 0 Å². The van der Waals surface area contributed by atoms with Gasteiger partial charge in [0.2, 0.25) is 0 Å². The highest BCUT2D eigenvalue weighted by Crippen LogP contribution is 2.27. The van der Waals surface area contributed by atoms with Crippen molar-refractivity contribution in [2.75, 3.05) is 11.6 Å². The number of benzene rings is 1. The van der Waals surface area contributed by atoms with Crippen LogP contribution in [0.1, 0.15) is 31.7 Å². The van der Waals surface area contributed by atoms with E-state index in [0.29, 0.717) is 12.0 Å². The van der Waals surface area contributed by atoms with Gasteiger partial charge < -0.3 is 10.4 Å². The smallest absolute Gasteiger partial charge is 0.303 e. The number of nitriles is 1. The molecule has 0 aliphatic rings. The highest BCUT2D eigenvalue weighted by Gasteiger charge is 2.10. The lowest BCUT2D eigenvalue weighted by atomic mass is 10.1. The lowest BCUT2D eigenvalue weighted by Gasteiger charge is -2.16. The first-order valence-electron chi connectivity index (χ1n) is 6.14. The van der Waals surface area contributed by atoms with Gasteiger partial charge in [-0.25, -0.2) is 0 Å². The minimum Gasteiger partial charge on any atom is -0.481 e. The minimum atomic E-state index is -0.769. The fourth-order valence-electron chi connectivity index (χ4n) is 1.83. The van der Waals surface area contributed by atoms with Crippen LogP contribution in [-0.4, -0.2) is 23.4 Å². The Morgan fingerprint density at radius 2 is 2.32 bits per heavy atom. The molecule has 1 rings (SSSR count). The summed E-state index contributed by atoms with van der Waals surface area (Å²) in [4.78, 5) is 11.4. The molecule has 1 aromatic carbocycles. The standard InChI is InChI=1S/C14H18N2O2S/c1-10(5-3-8-14(17)18)16-12-6-4-7-13(19-2)11(12)9-15/h4,6-7,10,16H,3,5,8H2,1-2H3,(H,17,18). The van der Waals surface area contributed by atoms with Gasteiger partial charge in [-0.15, -0.1) is 11.8 Å². The van der Waals surface area contributed by atoms with Gasteiger partial charge in [0.15, 0.2) is 0 Å². The summed E-state index contributed by atoms with van der Waals surface area (Å²) in [6.45, 7) is 1.99. The van der Waals surface area contributed by atoms with Crippen molar-refractivity contribution >= 4 is 23.4 Å². The number of thioether (sulfide) groups is 1. The molecule has 102 valence electrons. The number of nitrogens with zero attached hydrogens (tertiary/aromatic N) is 1. The summed E-state index contributed by atoms with van der Waals surface area (Å²) in [7, 11) is 0. The zero-order valence-corrected chi connectivity index (χ0v) is 12.0. The Hall–Kier alpha value is -1.67. The van der Waals surface area contributed by atoms with E-state index in [-0.39, 0.29) is 12.5 Å². The van der Waals surface area contributed by atoms with Gasteiger partial charge in [-0.2, -0.15) is 5.26 Å². The predicted octanol–water partition coefficient (Wildman–Crippen LogP) is 3.34. The number of aliphatic carboxylic acids is 1. The number of carboxylic acids is 1. The maximum atomic E-state index is 10.5. The summed E-state index contributed by atoms with van der Waals surface area (Å²) in [5.41, 5.74) is 1.47. The maximum Gasteiger partial charge on any atom is 0.303 e. The normalized spacial score (nSPS) is 11.6. The topological polar surface area (TPSA) is 73.1 Å². The molecule has 0 spiro atoms. The Morgan fingerprint density at radius 1 is 1.58 bits per heavy atom. The Morgan fingerprint density at radius 3 is 2.89 bits per heavy atom. The third kappa shape index (κ3) is 4.84. The van der Waals surface area contributed by atoms with E-state index in [9.17, 15) is 10.1 Å². The molecular formula is C14H18N2O2S. The van der Waals surface area contributed by atoms with Crippen molar-refractivity contribution < 1.29 is 9.90 Å². The number of hydrogen-bond donors (Lipinski definition) is 2. The van der Waals surface area contributed by atoms with Crippen LogP contribution in [0.4, 0.5) is 5.69 Å². The second-order valence-electron chi connectivity index (χ2n) is 4.33. The number of carboxylic acid groups (broad SMARTS) is 1. The molecule has 2 N–H and O–H groups in total. The van der Waals surface area contributed by atoms with Gasteiger partial charge in [0.1, 0.15) is 6.07 Å². The number of carbonyl (C=O) groups is 1. The van der Waals surface area contributed by atoms with Crippen molar-refractivity contribution in [1.82, 2.24) is 0 Å². The van der Waals surface area contributed by atoms with Gasteiger partial charge in [0.05, 0.1) is 11.3 Å². The largest absolute Gasteiger partial charge is 0.481 e. The molecule has 0 bridgehead atoms. The summed E-state index contributed by atoms with van der Waals surface area (Å²) in [6.07, 6.45) is 3.52. The molecule has 0 heterocycles. The third-order valence-electron chi connectivity index (χ3n) is 2.79. The summed E-state index contributed by atoms with van der Waals surface area (Å²) in [6, 6.07) is 8.08. The molecule has 0 saturated carbocycles. The predicted molar refractivity (Wildman–Crippen MR) is 77.5 cm³/mol. The van der Waals surface area contributed by atoms with Gasteiger partial charge in [-0.05, 0) is 38.2 Å². The fourth-order valence-corrected chi connectivity index (χ4v) is 2.41. The second kappa shape index (κ2) is 7.70. The van der Waals surface area contributed by atoms with E-state index in [1.807, 2.05) is 31.4 Å². The average Bonchev–Trinajstić information content (AvgIpc) is 2.37. The summed E-state index contributed by atoms with van der Waals surface area (Å²) >= 11 is 1.54. The van der Waals surface area contributed by atoms with E-state index in [1.54, 1.807) is 11.8 Å². The molecule has 19 heavy (non-hydrogen) atoms. The number of rotatable bonds is 7. The molecule has 0 aliphatic heterocycles. The van der Waals surface area contributed by atoms with E-state index in [1.165, 1.54) is 0 Å². The minimum absolute atomic E-state index is 0.142. The van der Waals surface area contributed by atoms with Crippen molar-refractivity contribution in [3.05, 3.63) is 23.8 Å². The van der Waals surface area contributed by atoms with Crippen molar-refractivity contribution in [3.8, 4) is 6.07 Å². The summed E-state index contributed by atoms with van der Waals surface area (Å²) in [5.74, 6) is -0.769. The second-order valence-corrected chi connectivity index (χ2v) is 5.17. The molecule has 0 fully saturated rings. The van der Waals surface area contributed by atoms with Crippen LogP contribution in [-0.2, 0) is 4.79 Å². The summed E-state index contributed by atoms with van der Waals surface area (Å²) < 4.78 is 0. The highest BCUT2D eigenvalue weighted by molar-refractivity contribution is 7.98. The summed E-state index contributed by atoms with van der Waals surface area (Å²) in [5, 5.41) is 21.1. The molecule has 5 heteroatoms. The molecule has 4 nitrogen and oxygen atoms in total. The number of anilines is 1. The van der Waals surface area contributed by atoms with Gasteiger partial charge in [0, 0.05) is 17.4 Å². The first kappa shape index (κ1) is 15.4. The lowest BCUT2D eigenvalue weighted by Crippen LogP contribution is -2.16. The molecule has 0 amide bonds. The van der Waals surface area contributed by atoms with E-state index in [2.05, 4.69) is 11.4 Å². The van der Waals surface area contributed by atoms with Crippen molar-refractivity contribution in [2.45, 2.75) is 37.1 Å². The molecule has 0 aromatic heterocycles. The van der Waals surface area contributed by atoms with Crippen LogP contribution in [0.5, 0.6) is 0 Å². The average molecular weight is 278 g/mol. The number of nitrogens with one attached hydrogen (secondary N) is 1. The first-order chi connectivity index (χ1) is 9.08. The van der Waals surface area contributed by atoms with Gasteiger partial charge in [-0.1, -0.05) is 6.07 Å². The van der Waals surface area contributed by atoms with Crippen LogP contribution in [0.3, 0.4) is 0 Å². The van der Waals surface area contributed by atoms with Gasteiger partial charge in [0.25, 0.3) is 0 Å². The molecular weight excluding hydrogens is 260 g/mol. The monoisotopic (exact) mass is 278 g/mol. The van der Waals surface area contributed by atoms with Crippen LogP contribution in [0, 0.1) is 11.3 Å². The fraction of sp³-hybridized carbons (Fsp3) is 0.429. The molecule has 1 unspecified atom stereocenters. The Kier molecular flexibility index (Phi) is 6.23. The molecule has 1 aromatic rings. The zero-order valence-electron chi connectivity index (χ0n) is 11.1.